The van der Waals surface area contributed by atoms with Crippen LogP contribution in [0.25, 0.3) is 0 Å². The molecule has 3 heterocycles. The normalized spacial score (nSPS) is 19.5. The van der Waals surface area contributed by atoms with E-state index in [2.05, 4.69) is 39.3 Å². The average molecular weight is 284 g/mol. The fraction of sp³-hybridized carbons (Fsp3) is 0.533. The van der Waals surface area contributed by atoms with Crippen LogP contribution in [0.2, 0.25) is 0 Å². The van der Waals surface area contributed by atoms with Crippen LogP contribution < -0.4 is 0 Å². The molecule has 1 saturated heterocycles. The summed E-state index contributed by atoms with van der Waals surface area (Å²) >= 11 is 0. The van der Waals surface area contributed by atoms with Crippen molar-refractivity contribution in [3.8, 4) is 6.07 Å². The Morgan fingerprint density at radius 3 is 3.10 bits per heavy atom. The van der Waals surface area contributed by atoms with Crippen LogP contribution in [0, 0.1) is 11.3 Å². The molecule has 1 aliphatic heterocycles. The van der Waals surface area contributed by atoms with E-state index in [1.807, 2.05) is 10.6 Å². The Labute approximate surface area is 124 Å². The quantitative estimate of drug-likeness (QED) is 0.930. The number of likely N-dealkylation sites (tertiary alicyclic amines) is 1. The number of aromatic amines is 1. The van der Waals surface area contributed by atoms with Gasteiger partial charge in [-0.15, -0.1) is 0 Å². The molecule has 1 fully saturated rings. The molecular weight excluding hydrogens is 264 g/mol. The zero-order valence-electron chi connectivity index (χ0n) is 12.3. The molecule has 0 aliphatic carbocycles. The molecule has 110 valence electrons. The molecule has 1 atom stereocenters. The molecule has 0 aromatic carbocycles. The third-order valence-corrected chi connectivity index (χ3v) is 4.14. The smallest absolute Gasteiger partial charge is 0.137 e. The van der Waals surface area contributed by atoms with Crippen LogP contribution in [0.3, 0.4) is 0 Å². The summed E-state index contributed by atoms with van der Waals surface area (Å²) in [4.78, 5) is 6.72. The number of aromatic nitrogens is 4. The molecule has 1 N–H and O–H groups in total. The molecule has 2 aromatic rings. The topological polar surface area (TPSA) is 73.5 Å². The van der Waals surface area contributed by atoms with Gasteiger partial charge < -0.3 is 4.57 Å². The first-order valence-electron chi connectivity index (χ1n) is 7.47. The molecule has 2 aromatic heterocycles. The second-order valence-electron chi connectivity index (χ2n) is 5.58. The highest BCUT2D eigenvalue weighted by atomic mass is 15.2. The van der Waals surface area contributed by atoms with Gasteiger partial charge in [0.25, 0.3) is 0 Å². The molecule has 1 aliphatic rings. The summed E-state index contributed by atoms with van der Waals surface area (Å²) in [6, 6.07) is 4.26. The lowest BCUT2D eigenvalue weighted by Gasteiger charge is -2.31. The van der Waals surface area contributed by atoms with E-state index < -0.39 is 0 Å². The van der Waals surface area contributed by atoms with Crippen LogP contribution in [0.15, 0.2) is 18.6 Å². The monoisotopic (exact) mass is 284 g/mol. The molecule has 6 heteroatoms. The second kappa shape index (κ2) is 6.10. The van der Waals surface area contributed by atoms with Crippen molar-refractivity contribution in [3.63, 3.8) is 0 Å². The van der Waals surface area contributed by atoms with E-state index in [4.69, 9.17) is 5.26 Å². The number of rotatable bonds is 4. The molecular formula is C15H20N6. The van der Waals surface area contributed by atoms with Gasteiger partial charge in [0.15, 0.2) is 0 Å². The minimum atomic E-state index is 0.435. The van der Waals surface area contributed by atoms with Gasteiger partial charge in [0, 0.05) is 31.7 Å². The molecule has 21 heavy (non-hydrogen) atoms. The van der Waals surface area contributed by atoms with E-state index in [9.17, 15) is 0 Å². The van der Waals surface area contributed by atoms with E-state index in [0.29, 0.717) is 5.92 Å². The molecule has 0 spiro atoms. The van der Waals surface area contributed by atoms with Gasteiger partial charge in [-0.3, -0.25) is 10.00 Å². The number of hydrogen-bond acceptors (Lipinski definition) is 4. The third kappa shape index (κ3) is 2.98. The number of nitriles is 1. The SMILES string of the molecule is CCn1cc(CN2CCC[C@@H](c3ncn[nH]3)C2)cc1C#N. The summed E-state index contributed by atoms with van der Waals surface area (Å²) in [7, 11) is 0. The average Bonchev–Trinajstić information content (AvgIpc) is 3.16. The molecule has 0 bridgehead atoms. The fourth-order valence-electron chi connectivity index (χ4n) is 3.10. The highest BCUT2D eigenvalue weighted by Crippen LogP contribution is 2.25. The van der Waals surface area contributed by atoms with Gasteiger partial charge in [-0.05, 0) is 37.9 Å². The first-order valence-corrected chi connectivity index (χ1v) is 7.47. The summed E-state index contributed by atoms with van der Waals surface area (Å²) in [6.45, 7) is 5.89. The van der Waals surface area contributed by atoms with Gasteiger partial charge in [0.05, 0.1) is 0 Å². The van der Waals surface area contributed by atoms with Crippen molar-refractivity contribution in [1.82, 2.24) is 24.6 Å². The molecule has 3 rings (SSSR count). The largest absolute Gasteiger partial charge is 0.339 e. The third-order valence-electron chi connectivity index (χ3n) is 4.14. The molecule has 0 amide bonds. The zero-order chi connectivity index (χ0) is 14.7. The first-order chi connectivity index (χ1) is 10.3. The van der Waals surface area contributed by atoms with E-state index in [1.54, 1.807) is 6.33 Å². The van der Waals surface area contributed by atoms with Gasteiger partial charge in [-0.25, -0.2) is 4.98 Å². The van der Waals surface area contributed by atoms with Gasteiger partial charge in [-0.2, -0.15) is 10.4 Å². The van der Waals surface area contributed by atoms with Crippen LogP contribution >= 0.6 is 0 Å². The van der Waals surface area contributed by atoms with Gasteiger partial charge in [-0.1, -0.05) is 0 Å². The lowest BCUT2D eigenvalue weighted by Crippen LogP contribution is -2.34. The summed E-state index contributed by atoms with van der Waals surface area (Å²) < 4.78 is 2.01. The highest BCUT2D eigenvalue weighted by Gasteiger charge is 2.23. The summed E-state index contributed by atoms with van der Waals surface area (Å²) in [5, 5.41) is 16.1. The summed E-state index contributed by atoms with van der Waals surface area (Å²) in [5.74, 6) is 1.42. The van der Waals surface area contributed by atoms with Crippen molar-refractivity contribution in [2.45, 2.75) is 38.8 Å². The summed E-state index contributed by atoms with van der Waals surface area (Å²) in [6.07, 6.45) is 6.00. The predicted molar refractivity (Wildman–Crippen MR) is 78.5 cm³/mol. The Kier molecular flexibility index (Phi) is 4.02. The number of H-pyrrole nitrogens is 1. The molecule has 0 saturated carbocycles. The summed E-state index contributed by atoms with van der Waals surface area (Å²) in [5.41, 5.74) is 1.96. The van der Waals surface area contributed by atoms with Crippen molar-refractivity contribution < 1.29 is 0 Å². The Balaban J connectivity index is 1.67. The Morgan fingerprint density at radius 1 is 1.52 bits per heavy atom. The van der Waals surface area contributed by atoms with Gasteiger partial charge in [0.2, 0.25) is 0 Å². The van der Waals surface area contributed by atoms with Crippen LogP contribution in [0.4, 0.5) is 0 Å². The van der Waals surface area contributed by atoms with Gasteiger partial charge in [0.1, 0.15) is 23.9 Å². The standard InChI is InChI=1S/C15H20N6/c1-2-21-9-12(6-14(21)7-16)8-20-5-3-4-13(10-20)15-17-11-18-19-15/h6,9,11,13H,2-5,8,10H2,1H3,(H,17,18,19)/t13-/m1/s1. The van der Waals surface area contributed by atoms with Crippen LogP contribution in [-0.4, -0.2) is 37.7 Å². The number of aryl methyl sites for hydroxylation is 1. The Bertz CT molecular complexity index is 621. The molecule has 6 nitrogen and oxygen atoms in total. The first kappa shape index (κ1) is 13.8. The van der Waals surface area contributed by atoms with Crippen molar-refractivity contribution >= 4 is 0 Å². The second-order valence-corrected chi connectivity index (χ2v) is 5.58. The van der Waals surface area contributed by atoms with Crippen LogP contribution in [0.5, 0.6) is 0 Å². The van der Waals surface area contributed by atoms with Crippen molar-refractivity contribution in [1.29, 1.82) is 5.26 Å². The number of nitrogens with one attached hydrogen (secondary N) is 1. The molecule has 0 radical (unpaired) electrons. The maximum atomic E-state index is 9.13. The highest BCUT2D eigenvalue weighted by molar-refractivity contribution is 5.28. The number of hydrogen-bond donors (Lipinski definition) is 1. The predicted octanol–water partition coefficient (Wildman–Crippen LogP) is 1.88. The van der Waals surface area contributed by atoms with Gasteiger partial charge >= 0.3 is 0 Å². The zero-order valence-corrected chi connectivity index (χ0v) is 12.3. The van der Waals surface area contributed by atoms with E-state index in [1.165, 1.54) is 12.0 Å². The molecule has 0 unspecified atom stereocenters. The van der Waals surface area contributed by atoms with Crippen LogP contribution in [-0.2, 0) is 13.1 Å². The maximum absolute atomic E-state index is 9.13. The maximum Gasteiger partial charge on any atom is 0.137 e. The number of nitrogens with zero attached hydrogens (tertiary/aromatic N) is 5. The van der Waals surface area contributed by atoms with Crippen molar-refractivity contribution in [3.05, 3.63) is 35.7 Å². The number of piperidine rings is 1. The van der Waals surface area contributed by atoms with Crippen LogP contribution in [0.1, 0.15) is 42.8 Å². The lowest BCUT2D eigenvalue weighted by molar-refractivity contribution is 0.196. The van der Waals surface area contributed by atoms with Crippen molar-refractivity contribution in [2.24, 2.45) is 0 Å². The Morgan fingerprint density at radius 2 is 2.43 bits per heavy atom. The fourth-order valence-corrected chi connectivity index (χ4v) is 3.10. The van der Waals surface area contributed by atoms with Crippen molar-refractivity contribution in [2.75, 3.05) is 13.1 Å². The van der Waals surface area contributed by atoms with E-state index in [-0.39, 0.29) is 0 Å². The minimum absolute atomic E-state index is 0.435. The minimum Gasteiger partial charge on any atom is -0.339 e. The Hall–Kier alpha value is -2.13. The van der Waals surface area contributed by atoms with E-state index >= 15 is 0 Å². The lowest BCUT2D eigenvalue weighted by atomic mass is 9.97. The van der Waals surface area contributed by atoms with E-state index in [0.717, 1.165) is 44.1 Å².